The molecule has 0 unspecified atom stereocenters. The van der Waals surface area contributed by atoms with Gasteiger partial charge in [0.2, 0.25) is 18.1 Å². The normalized spacial score (nSPS) is 22.6. The van der Waals surface area contributed by atoms with Crippen molar-refractivity contribution in [3.63, 3.8) is 0 Å². The van der Waals surface area contributed by atoms with Crippen LogP contribution in [0.15, 0.2) is 170 Å². The quantitative estimate of drug-likeness (QED) is 0.0213. The van der Waals surface area contributed by atoms with Crippen molar-refractivity contribution in [3.05, 3.63) is 272 Å². The zero-order chi connectivity index (χ0) is 80.3. The molecule has 8 aromatic rings. The Labute approximate surface area is 758 Å². The molecule has 0 aliphatic heterocycles. The van der Waals surface area contributed by atoms with E-state index in [1.54, 1.807) is 23.5 Å². The average molecular weight is 1650 g/mol. The van der Waals surface area contributed by atoms with Crippen LogP contribution < -0.4 is 70.2 Å². The van der Waals surface area contributed by atoms with Crippen molar-refractivity contribution in [3.8, 4) is 47.4 Å². The van der Waals surface area contributed by atoms with Crippen molar-refractivity contribution in [2.75, 3.05) is 21.3 Å². The SMILES string of the molecule is C.COC(=O)c1ccc(CCC[C@@H]2[C@@H](C#Cc3ccccc3)[C@H](C)C[C@@H]2C)s1.[C-]#N.[C-]#[N+][C@@H]1C[C@@H](C)[C@H](C#Cc2ccccc2)[C@H]1CCCc1ccc(C(=O)OC)s1.[C-]#[N+][C@@H]1C[C@@H](O)[C@H](C#Cc2ccccc2)[C@H]1CCCc1ccc(C(=O)O)s1.[C-]#[N+][C@@H]1C[C@@H](O)[C@H](C#Cc2ccccc2)[C@H]1CCCc1ccc(C(=O)OC)s1.[K+].[Li+].[OH-]. The summed E-state index contributed by atoms with van der Waals surface area (Å²) < 4.78 is 14.3. The topological polar surface area (TPSA) is 224 Å². The van der Waals surface area contributed by atoms with Crippen molar-refractivity contribution < 1.29 is 124 Å². The third-order valence-electron chi connectivity index (χ3n) is 21.4. The van der Waals surface area contributed by atoms with Crippen molar-refractivity contribution >= 4 is 69.2 Å². The van der Waals surface area contributed by atoms with Gasteiger partial charge in [0, 0.05) is 65.9 Å². The third-order valence-corrected chi connectivity index (χ3v) is 25.9. The molecule has 21 heteroatoms. The van der Waals surface area contributed by atoms with E-state index in [2.05, 4.69) is 101 Å². The molecule has 4 fully saturated rings. The van der Waals surface area contributed by atoms with E-state index < -0.39 is 18.2 Å². The maximum atomic E-state index is 11.6. The van der Waals surface area contributed by atoms with Crippen LogP contribution in [0.5, 0.6) is 0 Å². The van der Waals surface area contributed by atoms with Crippen molar-refractivity contribution in [2.24, 2.45) is 65.1 Å². The van der Waals surface area contributed by atoms with E-state index in [4.69, 9.17) is 50.9 Å². The number of thiophene rings is 4. The van der Waals surface area contributed by atoms with E-state index in [-0.39, 0.29) is 149 Å². The zero-order valence-electron chi connectivity index (χ0n) is 66.8. The monoisotopic (exact) mass is 1650 g/mol. The minimum Gasteiger partial charge on any atom is -0.870 e. The van der Waals surface area contributed by atoms with Crippen molar-refractivity contribution in [2.45, 2.75) is 161 Å². The number of aliphatic hydroxyl groups excluding tert-OH is 2. The molecule has 0 radical (unpaired) electrons. The smallest absolute Gasteiger partial charge is 0.870 e. The minimum absolute atomic E-state index is 0. The number of carbonyl (C=O) groups is 4. The molecule has 0 spiro atoms. The number of nitrogens with zero attached hydrogens (tertiary/aromatic N) is 4. The number of aliphatic hydroxyl groups is 2. The fraction of sp³-hybridized carbons (Fsp3) is 0.411. The van der Waals surface area contributed by atoms with E-state index in [0.717, 1.165) is 115 Å². The molecule has 0 amide bonds. The summed E-state index contributed by atoms with van der Waals surface area (Å²) >= 11 is 5.81. The average Bonchev–Trinajstić information content (AvgIpc) is 1.67. The van der Waals surface area contributed by atoms with Crippen LogP contribution in [0.25, 0.3) is 14.5 Å². The molecular formula is C95H102KLiN4O11S4. The van der Waals surface area contributed by atoms with Gasteiger partial charge in [-0.15, -0.1) is 45.3 Å². The summed E-state index contributed by atoms with van der Waals surface area (Å²) in [5.74, 6) is 28.2. The molecule has 4 aromatic heterocycles. The second-order valence-electron chi connectivity index (χ2n) is 28.8. The van der Waals surface area contributed by atoms with Crippen molar-refractivity contribution in [1.29, 1.82) is 5.26 Å². The number of aromatic carboxylic acids is 1. The summed E-state index contributed by atoms with van der Waals surface area (Å²) in [5, 5.41) is 36.1. The number of hydrogen-bond acceptors (Lipinski definition) is 15. The maximum absolute atomic E-state index is 11.6. The molecule has 4 aromatic carbocycles. The first-order valence-electron chi connectivity index (χ1n) is 38.2. The molecule has 4 aliphatic rings. The second kappa shape index (κ2) is 53.3. The zero-order valence-corrected chi connectivity index (χ0v) is 73.2. The number of esters is 3. The van der Waals surface area contributed by atoms with Gasteiger partial charge in [0.05, 0.1) is 70.1 Å². The fourth-order valence-electron chi connectivity index (χ4n) is 15.8. The van der Waals surface area contributed by atoms with Gasteiger partial charge in [-0.25, -0.2) is 38.9 Å². The van der Waals surface area contributed by atoms with Gasteiger partial charge in [-0.1, -0.05) is 148 Å². The van der Waals surface area contributed by atoms with Gasteiger partial charge in [-0.3, -0.25) is 0 Å². The Hall–Kier alpha value is -8.13. The number of methoxy groups -OCH3 is 3. The van der Waals surface area contributed by atoms with Gasteiger partial charge in [0.25, 0.3) is 0 Å². The molecule has 4 saturated carbocycles. The van der Waals surface area contributed by atoms with Crippen LogP contribution in [0.3, 0.4) is 0 Å². The summed E-state index contributed by atoms with van der Waals surface area (Å²) in [6.45, 7) is 34.3. The van der Waals surface area contributed by atoms with Gasteiger partial charge in [0.15, 0.2) is 0 Å². The number of aryl methyl sites for hydroxylation is 4. The number of hydrogen-bond donors (Lipinski definition) is 3. The van der Waals surface area contributed by atoms with Gasteiger partial charge < -0.3 is 61.4 Å². The summed E-state index contributed by atoms with van der Waals surface area (Å²) in [7, 11) is 4.22. The van der Waals surface area contributed by atoms with Crippen LogP contribution in [0.2, 0.25) is 0 Å². The van der Waals surface area contributed by atoms with Gasteiger partial charge >= 0.3 is 94.1 Å². The van der Waals surface area contributed by atoms with Crippen LogP contribution in [0.1, 0.15) is 186 Å². The molecule has 0 saturated heterocycles. The van der Waals surface area contributed by atoms with Gasteiger partial charge in [-0.05, 0) is 204 Å². The predicted octanol–water partition coefficient (Wildman–Crippen LogP) is 14.1. The first kappa shape index (κ1) is 100. The molecule has 116 heavy (non-hydrogen) atoms. The number of ether oxygens (including phenoxy) is 3. The van der Waals surface area contributed by atoms with Crippen LogP contribution in [-0.2, 0) is 39.9 Å². The molecular weight excluding hydrogens is 1550 g/mol. The second-order valence-corrected chi connectivity index (χ2v) is 33.5. The Morgan fingerprint density at radius 2 is 0.664 bits per heavy atom. The number of benzene rings is 4. The van der Waals surface area contributed by atoms with Crippen molar-refractivity contribution in [1.82, 2.24) is 0 Å². The summed E-state index contributed by atoms with van der Waals surface area (Å²) in [5.41, 5.74) is 3.98. The molecule has 4 heterocycles. The number of rotatable bonds is 20. The van der Waals surface area contributed by atoms with E-state index in [1.807, 2.05) is 140 Å². The first-order valence-corrected chi connectivity index (χ1v) is 41.4. The third kappa shape index (κ3) is 30.4. The summed E-state index contributed by atoms with van der Waals surface area (Å²) in [6.07, 6.45) is 13.4. The molecule has 16 atom stereocenters. The molecule has 594 valence electrons. The molecule has 15 nitrogen and oxygen atoms in total. The minimum atomic E-state index is -0.894. The first-order chi connectivity index (χ1) is 54.4. The van der Waals surface area contributed by atoms with E-state index in [1.165, 1.54) is 77.9 Å². The Bertz CT molecular complexity index is 4620. The van der Waals surface area contributed by atoms with E-state index >= 15 is 0 Å². The number of carbonyl (C=O) groups excluding carboxylic acids is 3. The van der Waals surface area contributed by atoms with Crippen LogP contribution in [-0.4, -0.2) is 96.3 Å². The standard InChI is InChI=1S/C24H25NO2S.C24H28O2S.C23H23NO3S.C22H21NO3S.CN.CH4.K.Li.H2O/c1-17-16-22(25-2)21(20(17)14-12-18-8-5-4-6-9-18)11-7-10-19-13-15-23(28-19)24(26)27-3;1-17-16-18(2)22(14-12-19-8-5-4-6-9-19)21(17)11-7-10-20-13-15-23(27-20)24(25)26-3;1-24-20-15-21(25)19(13-11-16-7-4-3-5-8-16)18(20)10-6-9-17-12-14-22(28-17)23(26)27-2;1-23-19-14-20(24)18(12-10-15-6-3-2-4-7-15)17(19)9-5-8-16-11-13-21(27-16)22(25)26;1-2;;;;/h4-6,8-9,13,15,17,20-22H,7,10-11,16H2,1,3H3;4-6,8-9,13,15,17-18,21-22H,7,10-11,16H2,1-3H3;3-5,7-8,12,14,18-21,25H,6,9-10,15H2,2H3;2-4,6-7,11,13,17-20,24H,5,8-9,14H2,(H,25,26);;1H4;;;1H2/q;;;;-1;;2*+1;/p-1/t17-,20+,21-,22-;17-,18+,21-,22-;18-,19-,20-,21-;17-,18-,19-,20-;;;;;/m1011...../s1. The van der Waals surface area contributed by atoms with Gasteiger partial charge in [0.1, 0.15) is 19.5 Å². The molecule has 4 aliphatic carbocycles. The molecule has 4 N–H and O–H groups in total. The number of carboxylic acid groups (broad SMARTS) is 1. The largest absolute Gasteiger partial charge is 1.00 e. The summed E-state index contributed by atoms with van der Waals surface area (Å²) in [4.78, 5) is 64.1. The molecule has 0 bridgehead atoms. The van der Waals surface area contributed by atoms with E-state index in [0.29, 0.717) is 61.9 Å². The Balaban J connectivity index is 0.000000319. The Kier molecular flexibility index (Phi) is 46.1. The van der Waals surface area contributed by atoms with E-state index in [9.17, 15) is 29.4 Å². The Morgan fingerprint density at radius 3 is 0.957 bits per heavy atom. The summed E-state index contributed by atoms with van der Waals surface area (Å²) in [6, 6.07) is 54.5. The fourth-order valence-corrected chi connectivity index (χ4v) is 19.6. The van der Waals surface area contributed by atoms with Crippen LogP contribution in [0.4, 0.5) is 0 Å². The molecule has 12 rings (SSSR count). The maximum Gasteiger partial charge on any atom is 1.00 e. The van der Waals surface area contributed by atoms with Crippen LogP contribution in [0, 0.1) is 144 Å². The van der Waals surface area contributed by atoms with Gasteiger partial charge in [-0.2, -0.15) is 0 Å². The Morgan fingerprint density at radius 1 is 0.405 bits per heavy atom. The van der Waals surface area contributed by atoms with Crippen LogP contribution >= 0.6 is 45.3 Å². The number of carboxylic acids is 1. The predicted molar refractivity (Wildman–Crippen MR) is 454 cm³/mol.